The van der Waals surface area contributed by atoms with E-state index in [1.165, 1.54) is 5.56 Å². The fourth-order valence-electron chi connectivity index (χ4n) is 2.17. The van der Waals surface area contributed by atoms with Gasteiger partial charge >= 0.3 is 0 Å². The average molecular weight is 269 g/mol. The molecule has 0 saturated carbocycles. The smallest absolute Gasteiger partial charge is 0.293 e. The van der Waals surface area contributed by atoms with Crippen molar-refractivity contribution >= 4 is 11.6 Å². The number of benzene rings is 1. The van der Waals surface area contributed by atoms with Crippen LogP contribution in [0.25, 0.3) is 0 Å². The molecule has 0 bridgehead atoms. The van der Waals surface area contributed by atoms with Crippen LogP contribution < -0.4 is 9.88 Å². The number of aryl methyl sites for hydroxylation is 2. The zero-order chi connectivity index (χ0) is 14.5. The Balaban J connectivity index is 2.09. The number of carbonyl (C=O) groups excluding carboxylic acids is 1. The van der Waals surface area contributed by atoms with E-state index < -0.39 is 0 Å². The van der Waals surface area contributed by atoms with Gasteiger partial charge in [-0.1, -0.05) is 25.1 Å². The molecule has 3 heteroatoms. The second kappa shape index (κ2) is 6.33. The van der Waals surface area contributed by atoms with E-state index >= 15 is 0 Å². The van der Waals surface area contributed by atoms with Crippen LogP contribution in [-0.4, -0.2) is 5.91 Å². The highest BCUT2D eigenvalue weighted by Crippen LogP contribution is 2.11. The number of pyridine rings is 1. The van der Waals surface area contributed by atoms with Crippen molar-refractivity contribution in [2.24, 2.45) is 0 Å². The van der Waals surface area contributed by atoms with Crippen LogP contribution >= 0.6 is 0 Å². The molecule has 2 aromatic rings. The third kappa shape index (κ3) is 3.23. The van der Waals surface area contributed by atoms with Gasteiger partial charge in [0.15, 0.2) is 11.9 Å². The summed E-state index contributed by atoms with van der Waals surface area (Å²) in [6.07, 6.45) is 2.93. The van der Waals surface area contributed by atoms with Crippen LogP contribution in [0.5, 0.6) is 0 Å². The molecule has 1 heterocycles. The van der Waals surface area contributed by atoms with Gasteiger partial charge in [-0.25, -0.2) is 0 Å². The maximum absolute atomic E-state index is 12.3. The molecule has 0 spiro atoms. The SMILES string of the molecule is CCc1ccc(NC(=O)[C@H](C)[n+]2ccccc2C)cc1. The van der Waals surface area contributed by atoms with Crippen LogP contribution in [0.1, 0.15) is 31.1 Å². The van der Waals surface area contributed by atoms with Crippen molar-refractivity contribution in [1.82, 2.24) is 0 Å². The first-order chi connectivity index (χ1) is 9.61. The van der Waals surface area contributed by atoms with E-state index in [-0.39, 0.29) is 11.9 Å². The number of carbonyl (C=O) groups is 1. The zero-order valence-corrected chi connectivity index (χ0v) is 12.3. The minimum absolute atomic E-state index is 0.00597. The fourth-order valence-corrected chi connectivity index (χ4v) is 2.17. The van der Waals surface area contributed by atoms with Crippen molar-refractivity contribution in [3.8, 4) is 0 Å². The number of amides is 1. The predicted molar refractivity (Wildman–Crippen MR) is 80.5 cm³/mol. The van der Waals surface area contributed by atoms with E-state index in [1.54, 1.807) is 0 Å². The predicted octanol–water partition coefficient (Wildman–Crippen LogP) is 3.04. The molecular weight excluding hydrogens is 248 g/mol. The van der Waals surface area contributed by atoms with E-state index in [0.717, 1.165) is 17.8 Å². The van der Waals surface area contributed by atoms with Crippen molar-refractivity contribution in [3.63, 3.8) is 0 Å². The van der Waals surface area contributed by atoms with Crippen LogP contribution in [0.2, 0.25) is 0 Å². The monoisotopic (exact) mass is 269 g/mol. The normalized spacial score (nSPS) is 11.9. The molecule has 0 aliphatic rings. The molecule has 1 N–H and O–H groups in total. The molecule has 2 rings (SSSR count). The Kier molecular flexibility index (Phi) is 4.51. The van der Waals surface area contributed by atoms with Gasteiger partial charge in [0.05, 0.1) is 0 Å². The van der Waals surface area contributed by atoms with Gasteiger partial charge in [0.1, 0.15) is 0 Å². The van der Waals surface area contributed by atoms with Gasteiger partial charge in [0, 0.05) is 31.7 Å². The van der Waals surface area contributed by atoms with E-state index in [0.29, 0.717) is 0 Å². The topological polar surface area (TPSA) is 33.0 Å². The van der Waals surface area contributed by atoms with Gasteiger partial charge in [-0.3, -0.25) is 4.79 Å². The summed E-state index contributed by atoms with van der Waals surface area (Å²) in [6.45, 7) is 6.02. The summed E-state index contributed by atoms with van der Waals surface area (Å²) in [5.41, 5.74) is 3.18. The summed E-state index contributed by atoms with van der Waals surface area (Å²) in [4.78, 5) is 12.3. The summed E-state index contributed by atoms with van der Waals surface area (Å²) >= 11 is 0. The molecule has 1 aromatic heterocycles. The molecule has 0 aliphatic heterocycles. The summed E-state index contributed by atoms with van der Waals surface area (Å²) in [5.74, 6) is -0.00597. The lowest BCUT2D eigenvalue weighted by molar-refractivity contribution is -0.711. The van der Waals surface area contributed by atoms with Crippen molar-refractivity contribution < 1.29 is 9.36 Å². The summed E-state index contributed by atoms with van der Waals surface area (Å²) in [5, 5.41) is 2.96. The second-order valence-corrected chi connectivity index (χ2v) is 4.96. The van der Waals surface area contributed by atoms with Gasteiger partial charge in [0.2, 0.25) is 6.04 Å². The highest BCUT2D eigenvalue weighted by atomic mass is 16.2. The molecular formula is C17H21N2O+. The van der Waals surface area contributed by atoms with Crippen LogP contribution in [-0.2, 0) is 11.2 Å². The molecule has 0 radical (unpaired) electrons. The number of hydrogen-bond donors (Lipinski definition) is 1. The van der Waals surface area contributed by atoms with Crippen molar-refractivity contribution in [2.75, 3.05) is 5.32 Å². The van der Waals surface area contributed by atoms with Crippen LogP contribution in [0.3, 0.4) is 0 Å². The number of hydrogen-bond acceptors (Lipinski definition) is 1. The first-order valence-corrected chi connectivity index (χ1v) is 6.98. The van der Waals surface area contributed by atoms with Crippen molar-refractivity contribution in [2.45, 2.75) is 33.2 Å². The van der Waals surface area contributed by atoms with Crippen LogP contribution in [0.15, 0.2) is 48.7 Å². The lowest BCUT2D eigenvalue weighted by Crippen LogP contribution is -2.46. The Labute approximate surface area is 120 Å². The number of rotatable bonds is 4. The molecule has 0 aliphatic carbocycles. The molecule has 104 valence electrons. The standard InChI is InChI=1S/C17H20N2O/c1-4-15-8-10-16(11-9-15)18-17(20)14(3)19-12-6-5-7-13(19)2/h5-12,14H,4H2,1-3H3/p+1/t14-/m0/s1. The first kappa shape index (κ1) is 14.3. The molecule has 1 atom stereocenters. The summed E-state index contributed by atoms with van der Waals surface area (Å²) in [6, 6.07) is 13.7. The Morgan fingerprint density at radius 3 is 2.50 bits per heavy atom. The second-order valence-electron chi connectivity index (χ2n) is 4.96. The highest BCUT2D eigenvalue weighted by Gasteiger charge is 2.23. The number of nitrogens with one attached hydrogen (secondary N) is 1. The van der Waals surface area contributed by atoms with Crippen LogP contribution in [0.4, 0.5) is 5.69 Å². The van der Waals surface area contributed by atoms with Crippen molar-refractivity contribution in [3.05, 3.63) is 59.9 Å². The Morgan fingerprint density at radius 1 is 1.20 bits per heavy atom. The number of aromatic nitrogens is 1. The fraction of sp³-hybridized carbons (Fsp3) is 0.294. The minimum atomic E-state index is -0.234. The highest BCUT2D eigenvalue weighted by molar-refractivity contribution is 5.92. The summed E-state index contributed by atoms with van der Waals surface area (Å²) < 4.78 is 1.97. The largest absolute Gasteiger partial charge is 0.320 e. The minimum Gasteiger partial charge on any atom is -0.320 e. The summed E-state index contributed by atoms with van der Waals surface area (Å²) in [7, 11) is 0. The Morgan fingerprint density at radius 2 is 1.90 bits per heavy atom. The molecule has 0 unspecified atom stereocenters. The quantitative estimate of drug-likeness (QED) is 0.850. The Hall–Kier alpha value is -2.16. The van der Waals surface area contributed by atoms with E-state index in [9.17, 15) is 4.79 Å². The van der Waals surface area contributed by atoms with Gasteiger partial charge in [0.25, 0.3) is 5.91 Å². The number of nitrogens with zero attached hydrogens (tertiary/aromatic N) is 1. The van der Waals surface area contributed by atoms with Crippen molar-refractivity contribution in [1.29, 1.82) is 0 Å². The maximum Gasteiger partial charge on any atom is 0.293 e. The van der Waals surface area contributed by atoms with E-state index in [2.05, 4.69) is 12.2 Å². The van der Waals surface area contributed by atoms with Gasteiger partial charge in [-0.05, 0) is 24.1 Å². The van der Waals surface area contributed by atoms with E-state index in [1.807, 2.05) is 67.1 Å². The molecule has 3 nitrogen and oxygen atoms in total. The first-order valence-electron chi connectivity index (χ1n) is 6.98. The third-order valence-corrected chi connectivity index (χ3v) is 3.53. The van der Waals surface area contributed by atoms with E-state index in [4.69, 9.17) is 0 Å². The third-order valence-electron chi connectivity index (χ3n) is 3.53. The molecule has 1 aromatic carbocycles. The molecule has 0 saturated heterocycles. The van der Waals surface area contributed by atoms with Gasteiger partial charge in [-0.15, -0.1) is 0 Å². The van der Waals surface area contributed by atoms with Gasteiger partial charge < -0.3 is 5.32 Å². The maximum atomic E-state index is 12.3. The number of anilines is 1. The average Bonchev–Trinajstić information content (AvgIpc) is 2.48. The van der Waals surface area contributed by atoms with Gasteiger partial charge in [-0.2, -0.15) is 4.57 Å². The Bertz CT molecular complexity index is 590. The molecule has 20 heavy (non-hydrogen) atoms. The zero-order valence-electron chi connectivity index (χ0n) is 12.3. The van der Waals surface area contributed by atoms with Crippen LogP contribution in [0, 0.1) is 6.92 Å². The molecule has 1 amide bonds. The lowest BCUT2D eigenvalue weighted by atomic mass is 10.1. The lowest BCUT2D eigenvalue weighted by Gasteiger charge is -2.10. The molecule has 0 fully saturated rings.